The number of carbonyl (C=O) groups excluding carboxylic acids is 1. The maximum atomic E-state index is 12.3. The van der Waals surface area contributed by atoms with E-state index in [0.29, 0.717) is 26.1 Å². The van der Waals surface area contributed by atoms with Crippen LogP contribution in [0.3, 0.4) is 0 Å². The molecule has 0 radical (unpaired) electrons. The van der Waals surface area contributed by atoms with Crippen molar-refractivity contribution in [2.45, 2.75) is 50.8 Å². The summed E-state index contributed by atoms with van der Waals surface area (Å²) in [5.41, 5.74) is 7.95. The van der Waals surface area contributed by atoms with Crippen LogP contribution in [0.2, 0.25) is 0 Å². The Kier molecular flexibility index (Phi) is 7.56. The second kappa shape index (κ2) is 9.66. The molecule has 0 aromatic heterocycles. The fourth-order valence-corrected chi connectivity index (χ4v) is 3.21. The van der Waals surface area contributed by atoms with Crippen molar-refractivity contribution in [1.29, 1.82) is 0 Å². The van der Waals surface area contributed by atoms with E-state index >= 15 is 0 Å². The normalized spacial score (nSPS) is 18.7. The molecule has 1 amide bonds. The van der Waals surface area contributed by atoms with Gasteiger partial charge in [0, 0.05) is 19.3 Å². The summed E-state index contributed by atoms with van der Waals surface area (Å²) in [6, 6.07) is 5.81. The molecule has 0 bridgehead atoms. The molecule has 1 aromatic carbocycles. The van der Waals surface area contributed by atoms with Gasteiger partial charge in [0.25, 0.3) is 5.91 Å². The van der Waals surface area contributed by atoms with Gasteiger partial charge in [-0.2, -0.15) is 0 Å². The number of amides is 1. The number of rotatable bonds is 8. The zero-order chi connectivity index (χ0) is 19.1. The quantitative estimate of drug-likeness (QED) is 0.536. The Morgan fingerprint density at radius 2 is 2.04 bits per heavy atom. The van der Waals surface area contributed by atoms with Crippen LogP contribution >= 0.6 is 0 Å². The molecule has 0 aliphatic carbocycles. The zero-order valence-electron chi connectivity index (χ0n) is 15.1. The molecule has 3 atom stereocenters. The number of carbonyl (C=O) groups is 2. The number of nitrogens with one attached hydrogen (secondary N) is 1. The molecule has 144 valence electrons. The first-order valence-corrected chi connectivity index (χ1v) is 8.97. The second-order valence-corrected chi connectivity index (χ2v) is 6.99. The van der Waals surface area contributed by atoms with Crippen molar-refractivity contribution in [3.63, 3.8) is 0 Å². The van der Waals surface area contributed by atoms with Gasteiger partial charge < -0.3 is 26.0 Å². The highest BCUT2D eigenvalue weighted by Gasteiger charge is 2.30. The van der Waals surface area contributed by atoms with Gasteiger partial charge in [-0.05, 0) is 44.1 Å². The Labute approximate surface area is 153 Å². The molecule has 0 saturated carbocycles. The summed E-state index contributed by atoms with van der Waals surface area (Å²) in [7, 11) is 0. The Bertz CT molecular complexity index is 616. The molecule has 26 heavy (non-hydrogen) atoms. The molecule has 1 aromatic rings. The third-order valence-electron chi connectivity index (χ3n) is 4.75. The van der Waals surface area contributed by atoms with Gasteiger partial charge in [0.15, 0.2) is 0 Å². The Hall–Kier alpha value is -1.96. The number of aryl methyl sites for hydroxylation is 1. The number of carboxylic acids is 1. The van der Waals surface area contributed by atoms with Crippen molar-refractivity contribution in [1.82, 2.24) is 5.32 Å². The van der Waals surface area contributed by atoms with E-state index in [0.717, 1.165) is 24.0 Å². The summed E-state index contributed by atoms with van der Waals surface area (Å²) in [5, 5.41) is 22.0. The molecule has 7 heteroatoms. The highest BCUT2D eigenvalue weighted by atomic mass is 16.5. The highest BCUT2D eigenvalue weighted by molar-refractivity contribution is 5.86. The van der Waals surface area contributed by atoms with Crippen LogP contribution in [0.15, 0.2) is 24.3 Å². The molecule has 1 unspecified atom stereocenters. The van der Waals surface area contributed by atoms with Gasteiger partial charge in [-0.1, -0.05) is 29.8 Å². The monoisotopic (exact) mass is 364 g/mol. The summed E-state index contributed by atoms with van der Waals surface area (Å²) in [4.78, 5) is 23.7. The van der Waals surface area contributed by atoms with E-state index in [9.17, 15) is 19.8 Å². The maximum Gasteiger partial charge on any atom is 0.326 e. The standard InChI is InChI=1S/C19H28N2O5/c1-12-3-2-4-14(9-12)10-15(20)17(22)18(23)21-16(19(24)25)11-13-5-7-26-8-6-13/h2-4,9,13,15-17,22H,5-8,10-11,20H2,1H3,(H,21,23)(H,24,25)/t15-,16?,17+/m1/s1. The van der Waals surface area contributed by atoms with Gasteiger partial charge in [0.1, 0.15) is 12.1 Å². The number of nitrogens with two attached hydrogens (primary N) is 1. The first-order valence-electron chi connectivity index (χ1n) is 8.97. The van der Waals surface area contributed by atoms with Crippen molar-refractivity contribution in [3.8, 4) is 0 Å². The molecule has 2 rings (SSSR count). The number of aliphatic hydroxyl groups is 1. The molecular weight excluding hydrogens is 336 g/mol. The number of aliphatic carboxylic acids is 1. The Balaban J connectivity index is 1.90. The fourth-order valence-electron chi connectivity index (χ4n) is 3.21. The minimum atomic E-state index is -1.47. The number of hydrogen-bond acceptors (Lipinski definition) is 5. The first kappa shape index (κ1) is 20.4. The second-order valence-electron chi connectivity index (χ2n) is 6.99. The smallest absolute Gasteiger partial charge is 0.326 e. The predicted octanol–water partition coefficient (Wildman–Crippen LogP) is 0.612. The summed E-state index contributed by atoms with van der Waals surface area (Å²) in [6.07, 6.45) is 0.731. The van der Waals surface area contributed by atoms with Crippen LogP contribution in [0.1, 0.15) is 30.4 Å². The minimum absolute atomic E-state index is 0.184. The van der Waals surface area contributed by atoms with E-state index in [1.54, 1.807) is 0 Å². The largest absolute Gasteiger partial charge is 0.480 e. The summed E-state index contributed by atoms with van der Waals surface area (Å²) < 4.78 is 5.27. The van der Waals surface area contributed by atoms with Gasteiger partial charge in [0.05, 0.1) is 0 Å². The van der Waals surface area contributed by atoms with Crippen LogP contribution in [0, 0.1) is 12.8 Å². The summed E-state index contributed by atoms with van der Waals surface area (Å²) >= 11 is 0. The Morgan fingerprint density at radius 3 is 2.65 bits per heavy atom. The zero-order valence-corrected chi connectivity index (χ0v) is 15.1. The highest BCUT2D eigenvalue weighted by Crippen LogP contribution is 2.20. The van der Waals surface area contributed by atoms with E-state index in [1.807, 2.05) is 31.2 Å². The van der Waals surface area contributed by atoms with Crippen LogP contribution < -0.4 is 11.1 Å². The van der Waals surface area contributed by atoms with Crippen molar-refractivity contribution in [2.24, 2.45) is 11.7 Å². The van der Waals surface area contributed by atoms with Gasteiger partial charge >= 0.3 is 5.97 Å². The molecule has 1 heterocycles. The molecular formula is C19H28N2O5. The van der Waals surface area contributed by atoms with E-state index in [-0.39, 0.29) is 5.92 Å². The van der Waals surface area contributed by atoms with Gasteiger partial charge in [-0.25, -0.2) is 4.79 Å². The lowest BCUT2D eigenvalue weighted by molar-refractivity contribution is -0.144. The van der Waals surface area contributed by atoms with E-state index < -0.39 is 30.1 Å². The van der Waals surface area contributed by atoms with Crippen LogP contribution in [0.5, 0.6) is 0 Å². The SMILES string of the molecule is Cc1cccc(C[C@@H](N)[C@H](O)C(=O)NC(CC2CCOCC2)C(=O)O)c1. The lowest BCUT2D eigenvalue weighted by Gasteiger charge is -2.26. The van der Waals surface area contributed by atoms with Gasteiger partial charge in [-0.15, -0.1) is 0 Å². The first-order chi connectivity index (χ1) is 12.4. The average molecular weight is 364 g/mol. The van der Waals surface area contributed by atoms with Crippen molar-refractivity contribution >= 4 is 11.9 Å². The van der Waals surface area contributed by atoms with E-state index in [1.165, 1.54) is 0 Å². The Morgan fingerprint density at radius 1 is 1.35 bits per heavy atom. The lowest BCUT2D eigenvalue weighted by atomic mass is 9.92. The van der Waals surface area contributed by atoms with E-state index in [2.05, 4.69) is 5.32 Å². The predicted molar refractivity (Wildman–Crippen MR) is 96.6 cm³/mol. The van der Waals surface area contributed by atoms with Crippen LogP contribution in [-0.4, -0.2) is 53.5 Å². The van der Waals surface area contributed by atoms with Crippen molar-refractivity contribution in [2.75, 3.05) is 13.2 Å². The van der Waals surface area contributed by atoms with E-state index in [4.69, 9.17) is 10.5 Å². The molecule has 1 aliphatic rings. The third kappa shape index (κ3) is 6.09. The minimum Gasteiger partial charge on any atom is -0.480 e. The fraction of sp³-hybridized carbons (Fsp3) is 0.579. The van der Waals surface area contributed by atoms with Crippen LogP contribution in [-0.2, 0) is 20.7 Å². The molecule has 1 saturated heterocycles. The molecule has 5 N–H and O–H groups in total. The van der Waals surface area contributed by atoms with Gasteiger partial charge in [-0.3, -0.25) is 4.79 Å². The topological polar surface area (TPSA) is 122 Å². The lowest BCUT2D eigenvalue weighted by Crippen LogP contribution is -2.52. The number of carboxylic acid groups (broad SMARTS) is 1. The van der Waals surface area contributed by atoms with Crippen molar-refractivity contribution in [3.05, 3.63) is 35.4 Å². The molecule has 7 nitrogen and oxygen atoms in total. The van der Waals surface area contributed by atoms with Crippen LogP contribution in [0.25, 0.3) is 0 Å². The van der Waals surface area contributed by atoms with Gasteiger partial charge in [0.2, 0.25) is 0 Å². The number of aliphatic hydroxyl groups excluding tert-OH is 1. The number of benzene rings is 1. The molecule has 1 aliphatic heterocycles. The average Bonchev–Trinajstić information content (AvgIpc) is 2.61. The van der Waals surface area contributed by atoms with Crippen LogP contribution in [0.4, 0.5) is 0 Å². The molecule has 1 fully saturated rings. The summed E-state index contributed by atoms with van der Waals surface area (Å²) in [5.74, 6) is -1.67. The molecule has 0 spiro atoms. The maximum absolute atomic E-state index is 12.3. The van der Waals surface area contributed by atoms with Crippen molar-refractivity contribution < 1.29 is 24.5 Å². The number of ether oxygens (including phenoxy) is 1. The summed E-state index contributed by atoms with van der Waals surface area (Å²) in [6.45, 7) is 3.16. The number of hydrogen-bond donors (Lipinski definition) is 4. The third-order valence-corrected chi connectivity index (χ3v) is 4.75.